The van der Waals surface area contributed by atoms with Crippen LogP contribution in [-0.4, -0.2) is 59.2 Å². The number of anilines is 2. The van der Waals surface area contributed by atoms with Gasteiger partial charge in [-0.3, -0.25) is 0 Å². The Morgan fingerprint density at radius 1 is 1.11 bits per heavy atom. The summed E-state index contributed by atoms with van der Waals surface area (Å²) >= 11 is 0. The first kappa shape index (κ1) is 25.2. The second-order valence-corrected chi connectivity index (χ2v) is 9.83. The summed E-state index contributed by atoms with van der Waals surface area (Å²) in [7, 11) is 2.13. The molecule has 0 spiro atoms. The van der Waals surface area contributed by atoms with Gasteiger partial charge in [-0.2, -0.15) is 5.26 Å². The number of aromatic carboxylic acids is 1. The number of para-hydroxylation sites is 1. The van der Waals surface area contributed by atoms with Crippen molar-refractivity contribution in [2.75, 3.05) is 43.4 Å². The van der Waals surface area contributed by atoms with Crippen molar-refractivity contribution in [3.05, 3.63) is 83.2 Å². The highest BCUT2D eigenvalue weighted by Crippen LogP contribution is 2.33. The Hall–Kier alpha value is -4.48. The zero-order valence-electron chi connectivity index (χ0n) is 21.8. The quantitative estimate of drug-likeness (QED) is 0.372. The molecule has 0 aliphatic carbocycles. The molecule has 0 saturated carbocycles. The highest BCUT2D eigenvalue weighted by atomic mass is 16.4. The average molecular weight is 507 g/mol. The van der Waals surface area contributed by atoms with Gasteiger partial charge in [0.25, 0.3) is 0 Å². The van der Waals surface area contributed by atoms with Crippen molar-refractivity contribution >= 4 is 28.4 Å². The fraction of sp³-hybridized carbons (Fsp3) is 0.267. The molecule has 0 bridgehead atoms. The van der Waals surface area contributed by atoms with E-state index in [1.807, 2.05) is 50.4 Å². The van der Waals surface area contributed by atoms with Crippen LogP contribution in [0.4, 0.5) is 11.5 Å². The summed E-state index contributed by atoms with van der Waals surface area (Å²) in [5, 5.41) is 23.8. The number of likely N-dealkylation sites (N-methyl/N-ethyl adjacent to an activating group) is 1. The number of nitriles is 1. The van der Waals surface area contributed by atoms with E-state index in [4.69, 9.17) is 9.97 Å². The molecular weight excluding hydrogens is 476 g/mol. The standard InChI is InChI=1S/C30H30N6O2/c1-19-14-23(20(2)33-26-7-5-4-6-22(26)30(37)38)25-16-24(28(17-31)34-27(25)15-19)21-8-9-29(32-18-21)36-12-10-35(3)11-13-36/h4-9,14-16,18,20,33H,10-13H2,1-3H3,(H,37,38). The lowest BCUT2D eigenvalue weighted by molar-refractivity contribution is 0.0698. The SMILES string of the molecule is Cc1cc(C(C)Nc2ccccc2C(=O)O)c2cc(-c3ccc(N4CCN(C)CC4)nc3)c(C#N)nc2c1. The number of pyridine rings is 2. The number of nitrogens with one attached hydrogen (secondary N) is 1. The zero-order chi connectivity index (χ0) is 26.8. The first-order chi connectivity index (χ1) is 18.3. The minimum absolute atomic E-state index is 0.210. The predicted octanol–water partition coefficient (Wildman–Crippen LogP) is 5.10. The lowest BCUT2D eigenvalue weighted by atomic mass is 9.95. The number of nitrogens with zero attached hydrogens (tertiary/aromatic N) is 5. The second-order valence-electron chi connectivity index (χ2n) is 9.83. The third kappa shape index (κ3) is 5.01. The smallest absolute Gasteiger partial charge is 0.337 e. The maximum absolute atomic E-state index is 11.7. The minimum Gasteiger partial charge on any atom is -0.478 e. The highest BCUT2D eigenvalue weighted by molar-refractivity contribution is 5.94. The van der Waals surface area contributed by atoms with Crippen molar-refractivity contribution in [3.63, 3.8) is 0 Å². The number of benzene rings is 2. The van der Waals surface area contributed by atoms with Crippen LogP contribution in [0, 0.1) is 18.3 Å². The van der Waals surface area contributed by atoms with Crippen LogP contribution < -0.4 is 10.2 Å². The van der Waals surface area contributed by atoms with E-state index in [9.17, 15) is 15.2 Å². The van der Waals surface area contributed by atoms with Gasteiger partial charge in [0.2, 0.25) is 0 Å². The maximum atomic E-state index is 11.7. The Kier molecular flexibility index (Phi) is 6.95. The van der Waals surface area contributed by atoms with Crippen LogP contribution in [0.25, 0.3) is 22.0 Å². The van der Waals surface area contributed by atoms with Gasteiger partial charge in [0.15, 0.2) is 0 Å². The van der Waals surface area contributed by atoms with Crippen LogP contribution in [-0.2, 0) is 0 Å². The van der Waals surface area contributed by atoms with Gasteiger partial charge in [0.05, 0.1) is 11.1 Å². The number of rotatable bonds is 6. The molecule has 0 radical (unpaired) electrons. The third-order valence-corrected chi connectivity index (χ3v) is 7.10. The molecule has 1 atom stereocenters. The fourth-order valence-corrected chi connectivity index (χ4v) is 4.99. The van der Waals surface area contributed by atoms with E-state index >= 15 is 0 Å². The molecule has 1 saturated heterocycles. The minimum atomic E-state index is -0.982. The molecule has 4 aromatic rings. The van der Waals surface area contributed by atoms with Gasteiger partial charge in [-0.25, -0.2) is 14.8 Å². The molecule has 2 aromatic heterocycles. The normalized spacial score (nSPS) is 14.7. The Bertz CT molecular complexity index is 1540. The Morgan fingerprint density at radius 3 is 2.55 bits per heavy atom. The van der Waals surface area contributed by atoms with E-state index < -0.39 is 5.97 Å². The largest absolute Gasteiger partial charge is 0.478 e. The molecular formula is C30H30N6O2. The van der Waals surface area contributed by atoms with Gasteiger partial charge in [-0.05, 0) is 68.4 Å². The van der Waals surface area contributed by atoms with Crippen molar-refractivity contribution in [2.24, 2.45) is 0 Å². The summed E-state index contributed by atoms with van der Waals surface area (Å²) in [6.07, 6.45) is 1.82. The molecule has 8 nitrogen and oxygen atoms in total. The van der Waals surface area contributed by atoms with Gasteiger partial charge >= 0.3 is 5.97 Å². The van der Waals surface area contributed by atoms with Gasteiger partial charge in [0, 0.05) is 60.6 Å². The number of aryl methyl sites for hydroxylation is 1. The lowest BCUT2D eigenvalue weighted by Gasteiger charge is -2.33. The number of hydrogen-bond acceptors (Lipinski definition) is 7. The van der Waals surface area contributed by atoms with E-state index in [2.05, 4.69) is 34.3 Å². The van der Waals surface area contributed by atoms with Crippen LogP contribution in [0.1, 0.15) is 40.1 Å². The van der Waals surface area contributed by atoms with Crippen molar-refractivity contribution in [2.45, 2.75) is 19.9 Å². The molecule has 192 valence electrons. The monoisotopic (exact) mass is 506 g/mol. The predicted molar refractivity (Wildman–Crippen MR) is 150 cm³/mol. The molecule has 5 rings (SSSR count). The molecule has 1 unspecified atom stereocenters. The summed E-state index contributed by atoms with van der Waals surface area (Å²) in [5.74, 6) is -0.0510. The molecule has 1 aliphatic rings. The molecule has 0 amide bonds. The number of piperazine rings is 1. The van der Waals surface area contributed by atoms with Crippen LogP contribution in [0.3, 0.4) is 0 Å². The molecule has 2 aromatic carbocycles. The van der Waals surface area contributed by atoms with E-state index in [1.165, 1.54) is 0 Å². The van der Waals surface area contributed by atoms with E-state index in [0.717, 1.165) is 65.2 Å². The van der Waals surface area contributed by atoms with E-state index in [1.54, 1.807) is 18.2 Å². The third-order valence-electron chi connectivity index (χ3n) is 7.10. The van der Waals surface area contributed by atoms with Crippen molar-refractivity contribution in [1.29, 1.82) is 5.26 Å². The summed E-state index contributed by atoms with van der Waals surface area (Å²) in [4.78, 5) is 25.7. The number of hydrogen-bond donors (Lipinski definition) is 2. The Labute approximate surface area is 222 Å². The zero-order valence-corrected chi connectivity index (χ0v) is 21.8. The summed E-state index contributed by atoms with van der Waals surface area (Å²) in [6, 6.07) is 19.0. The van der Waals surface area contributed by atoms with E-state index in [0.29, 0.717) is 11.4 Å². The van der Waals surface area contributed by atoms with Crippen LogP contribution in [0.2, 0.25) is 0 Å². The number of carbonyl (C=O) groups is 1. The van der Waals surface area contributed by atoms with E-state index in [-0.39, 0.29) is 11.6 Å². The second kappa shape index (κ2) is 10.5. The lowest BCUT2D eigenvalue weighted by Crippen LogP contribution is -2.44. The summed E-state index contributed by atoms with van der Waals surface area (Å²) in [6.45, 7) is 7.86. The highest BCUT2D eigenvalue weighted by Gasteiger charge is 2.19. The van der Waals surface area contributed by atoms with Crippen molar-refractivity contribution in [3.8, 4) is 17.2 Å². The number of aromatic nitrogens is 2. The first-order valence-electron chi connectivity index (χ1n) is 12.7. The summed E-state index contributed by atoms with van der Waals surface area (Å²) in [5.41, 5.74) is 5.37. The van der Waals surface area contributed by atoms with Crippen LogP contribution in [0.5, 0.6) is 0 Å². The fourth-order valence-electron chi connectivity index (χ4n) is 4.99. The summed E-state index contributed by atoms with van der Waals surface area (Å²) < 4.78 is 0. The molecule has 38 heavy (non-hydrogen) atoms. The Balaban J connectivity index is 1.53. The first-order valence-corrected chi connectivity index (χ1v) is 12.7. The van der Waals surface area contributed by atoms with Crippen molar-refractivity contribution in [1.82, 2.24) is 14.9 Å². The molecule has 8 heteroatoms. The maximum Gasteiger partial charge on any atom is 0.337 e. The van der Waals surface area contributed by atoms with Gasteiger partial charge < -0.3 is 20.2 Å². The van der Waals surface area contributed by atoms with Gasteiger partial charge in [-0.1, -0.05) is 18.2 Å². The average Bonchev–Trinajstić information content (AvgIpc) is 2.92. The van der Waals surface area contributed by atoms with Crippen LogP contribution >= 0.6 is 0 Å². The molecule has 1 aliphatic heterocycles. The van der Waals surface area contributed by atoms with Crippen LogP contribution in [0.15, 0.2) is 60.8 Å². The topological polar surface area (TPSA) is 105 Å². The van der Waals surface area contributed by atoms with Gasteiger partial charge in [0.1, 0.15) is 17.6 Å². The number of carboxylic acid groups (broad SMARTS) is 1. The molecule has 1 fully saturated rings. The van der Waals surface area contributed by atoms with Gasteiger partial charge in [-0.15, -0.1) is 0 Å². The Morgan fingerprint density at radius 2 is 1.87 bits per heavy atom. The number of fused-ring (bicyclic) bond motifs is 1. The van der Waals surface area contributed by atoms with Crippen molar-refractivity contribution < 1.29 is 9.90 Å². The molecule has 2 N–H and O–H groups in total. The number of carboxylic acids is 1. The molecule has 3 heterocycles.